The Kier molecular flexibility index (Phi) is 3.62. The molecule has 0 amide bonds. The van der Waals surface area contributed by atoms with Gasteiger partial charge in [0.2, 0.25) is 0 Å². The second kappa shape index (κ2) is 6.13. The zero-order chi connectivity index (χ0) is 19.6. The van der Waals surface area contributed by atoms with Gasteiger partial charge >= 0.3 is 0 Å². The summed E-state index contributed by atoms with van der Waals surface area (Å²) in [5, 5.41) is 2.42. The second-order valence-electron chi connectivity index (χ2n) is 8.99. The molecule has 0 radical (unpaired) electrons. The van der Waals surface area contributed by atoms with Gasteiger partial charge in [-0.15, -0.1) is 0 Å². The van der Waals surface area contributed by atoms with Crippen molar-refractivity contribution in [2.45, 2.75) is 57.4 Å². The lowest BCUT2D eigenvalue weighted by Gasteiger charge is -2.40. The van der Waals surface area contributed by atoms with Crippen molar-refractivity contribution in [1.29, 1.82) is 0 Å². The van der Waals surface area contributed by atoms with Crippen molar-refractivity contribution in [3.63, 3.8) is 0 Å². The van der Waals surface area contributed by atoms with Crippen LogP contribution in [-0.2, 0) is 5.41 Å². The van der Waals surface area contributed by atoms with E-state index in [0.29, 0.717) is 6.04 Å². The Balaban J connectivity index is 1.64. The molecule has 2 nitrogen and oxygen atoms in total. The molecule has 2 heterocycles. The minimum atomic E-state index is 0.259. The van der Waals surface area contributed by atoms with Crippen LogP contribution in [0.2, 0.25) is 0 Å². The van der Waals surface area contributed by atoms with Crippen molar-refractivity contribution in [2.24, 2.45) is 0 Å². The fourth-order valence-electron chi connectivity index (χ4n) is 6.14. The van der Waals surface area contributed by atoms with E-state index >= 15 is 0 Å². The Morgan fingerprint density at radius 1 is 0.862 bits per heavy atom. The third-order valence-electron chi connectivity index (χ3n) is 7.60. The fourth-order valence-corrected chi connectivity index (χ4v) is 6.14. The summed E-state index contributed by atoms with van der Waals surface area (Å²) in [5.74, 6) is 0. The van der Waals surface area contributed by atoms with Crippen LogP contribution in [0, 0.1) is 6.92 Å². The van der Waals surface area contributed by atoms with E-state index in [0.717, 1.165) is 11.2 Å². The number of nitrogens with zero attached hydrogens (tertiary/aromatic N) is 1. The van der Waals surface area contributed by atoms with E-state index in [4.69, 9.17) is 4.42 Å². The molecule has 3 aromatic carbocycles. The first-order chi connectivity index (χ1) is 14.2. The SMILES string of the molecule is Cc1ccc2c(oc3ccccc32)c1N1c2ccccc2C2(CCCCC2)[C@@H]1C. The highest BCUT2D eigenvalue weighted by Crippen LogP contribution is 2.56. The van der Waals surface area contributed by atoms with Crippen LogP contribution < -0.4 is 4.90 Å². The fraction of sp³-hybridized carbons (Fsp3) is 0.333. The van der Waals surface area contributed by atoms with E-state index in [1.54, 1.807) is 5.56 Å². The van der Waals surface area contributed by atoms with Crippen LogP contribution in [0.15, 0.2) is 65.1 Å². The van der Waals surface area contributed by atoms with Crippen molar-refractivity contribution in [2.75, 3.05) is 4.90 Å². The number of furan rings is 1. The number of aryl methyl sites for hydroxylation is 1. The molecule has 2 heteroatoms. The first kappa shape index (κ1) is 17.1. The maximum Gasteiger partial charge on any atom is 0.159 e. The first-order valence-corrected chi connectivity index (χ1v) is 11.0. The van der Waals surface area contributed by atoms with Gasteiger partial charge < -0.3 is 9.32 Å². The van der Waals surface area contributed by atoms with Crippen LogP contribution in [0.25, 0.3) is 21.9 Å². The van der Waals surface area contributed by atoms with Crippen LogP contribution in [0.3, 0.4) is 0 Å². The summed E-state index contributed by atoms with van der Waals surface area (Å²) in [6.07, 6.45) is 6.61. The van der Waals surface area contributed by atoms with E-state index in [1.807, 2.05) is 0 Å². The molecule has 1 aromatic heterocycles. The normalized spacial score (nSPS) is 20.6. The number of benzene rings is 3. The topological polar surface area (TPSA) is 16.4 Å². The Bertz CT molecular complexity index is 1230. The van der Waals surface area contributed by atoms with Crippen molar-refractivity contribution in [3.05, 3.63) is 71.8 Å². The van der Waals surface area contributed by atoms with Crippen LogP contribution in [0.1, 0.15) is 50.2 Å². The van der Waals surface area contributed by atoms with Gasteiger partial charge in [0.25, 0.3) is 0 Å². The highest BCUT2D eigenvalue weighted by Gasteiger charge is 2.49. The molecule has 1 atom stereocenters. The molecule has 0 saturated heterocycles. The molecule has 1 aliphatic carbocycles. The lowest BCUT2D eigenvalue weighted by atomic mass is 9.67. The van der Waals surface area contributed by atoms with E-state index in [2.05, 4.69) is 79.4 Å². The van der Waals surface area contributed by atoms with E-state index < -0.39 is 0 Å². The number of fused-ring (bicyclic) bond motifs is 5. The average Bonchev–Trinajstić information content (AvgIpc) is 3.24. The number of hydrogen-bond acceptors (Lipinski definition) is 2. The van der Waals surface area contributed by atoms with Crippen molar-refractivity contribution in [1.82, 2.24) is 0 Å². The van der Waals surface area contributed by atoms with Gasteiger partial charge in [0.15, 0.2) is 5.58 Å². The second-order valence-corrected chi connectivity index (χ2v) is 8.99. The van der Waals surface area contributed by atoms with E-state index in [9.17, 15) is 0 Å². The first-order valence-electron chi connectivity index (χ1n) is 11.0. The van der Waals surface area contributed by atoms with Gasteiger partial charge in [-0.05, 0) is 49.9 Å². The molecule has 1 fully saturated rings. The van der Waals surface area contributed by atoms with E-state index in [1.165, 1.54) is 59.8 Å². The molecule has 1 saturated carbocycles. The van der Waals surface area contributed by atoms with Gasteiger partial charge in [0, 0.05) is 27.9 Å². The Morgan fingerprint density at radius 3 is 2.48 bits per heavy atom. The summed E-state index contributed by atoms with van der Waals surface area (Å²) in [6, 6.07) is 22.4. The lowest BCUT2D eigenvalue weighted by molar-refractivity contribution is 0.268. The lowest BCUT2D eigenvalue weighted by Crippen LogP contribution is -2.42. The average molecular weight is 382 g/mol. The number of para-hydroxylation sites is 2. The molecule has 0 unspecified atom stereocenters. The molecular weight excluding hydrogens is 354 g/mol. The van der Waals surface area contributed by atoms with E-state index in [-0.39, 0.29) is 5.41 Å². The summed E-state index contributed by atoms with van der Waals surface area (Å²) < 4.78 is 6.47. The van der Waals surface area contributed by atoms with Crippen LogP contribution in [-0.4, -0.2) is 6.04 Å². The molecule has 4 aromatic rings. The molecule has 29 heavy (non-hydrogen) atoms. The Labute approximate surface area is 172 Å². The highest BCUT2D eigenvalue weighted by molar-refractivity contribution is 6.10. The minimum Gasteiger partial charge on any atom is -0.454 e. The quantitative estimate of drug-likeness (QED) is 0.337. The maximum atomic E-state index is 6.47. The highest BCUT2D eigenvalue weighted by atomic mass is 16.3. The predicted octanol–water partition coefficient (Wildman–Crippen LogP) is 7.64. The minimum absolute atomic E-state index is 0.259. The largest absolute Gasteiger partial charge is 0.454 e. The van der Waals surface area contributed by atoms with Crippen molar-refractivity contribution >= 4 is 33.3 Å². The smallest absolute Gasteiger partial charge is 0.159 e. The van der Waals surface area contributed by atoms with Crippen LogP contribution >= 0.6 is 0 Å². The molecule has 146 valence electrons. The maximum absolute atomic E-state index is 6.47. The molecule has 2 aliphatic rings. The Morgan fingerprint density at radius 2 is 1.62 bits per heavy atom. The van der Waals surface area contributed by atoms with Crippen molar-refractivity contribution in [3.8, 4) is 0 Å². The number of hydrogen-bond donors (Lipinski definition) is 0. The Hall–Kier alpha value is -2.74. The third kappa shape index (κ3) is 2.23. The number of anilines is 2. The van der Waals surface area contributed by atoms with Crippen LogP contribution in [0.4, 0.5) is 11.4 Å². The van der Waals surface area contributed by atoms with Gasteiger partial charge in [0.1, 0.15) is 5.58 Å². The zero-order valence-corrected chi connectivity index (χ0v) is 17.2. The summed E-state index contributed by atoms with van der Waals surface area (Å²) in [5.41, 5.74) is 7.71. The molecule has 0 N–H and O–H groups in total. The predicted molar refractivity (Wildman–Crippen MR) is 121 cm³/mol. The summed E-state index contributed by atoms with van der Waals surface area (Å²) in [6.45, 7) is 4.66. The summed E-state index contributed by atoms with van der Waals surface area (Å²) in [4.78, 5) is 2.60. The van der Waals surface area contributed by atoms with Gasteiger partial charge in [-0.2, -0.15) is 0 Å². The van der Waals surface area contributed by atoms with Gasteiger partial charge in [0.05, 0.1) is 5.69 Å². The third-order valence-corrected chi connectivity index (χ3v) is 7.60. The molecular formula is C27H27NO. The zero-order valence-electron chi connectivity index (χ0n) is 17.2. The van der Waals surface area contributed by atoms with Crippen molar-refractivity contribution < 1.29 is 4.42 Å². The van der Waals surface area contributed by atoms with Gasteiger partial charge in [-0.1, -0.05) is 67.8 Å². The molecule has 6 rings (SSSR count). The standard InChI is InChI=1S/C27H27NO/c1-18-14-15-21-20-10-4-7-13-24(20)29-26(21)25(18)28-19(2)27(16-8-3-9-17-27)22-11-5-6-12-23(22)28/h4-7,10-15,19H,3,8-9,16-17H2,1-2H3/t19-/m0/s1. The molecule has 1 spiro atoms. The molecule has 0 bridgehead atoms. The van der Waals surface area contributed by atoms with Gasteiger partial charge in [-0.3, -0.25) is 0 Å². The monoisotopic (exact) mass is 381 g/mol. The summed E-state index contributed by atoms with van der Waals surface area (Å²) in [7, 11) is 0. The van der Waals surface area contributed by atoms with Gasteiger partial charge in [-0.25, -0.2) is 0 Å². The number of rotatable bonds is 1. The van der Waals surface area contributed by atoms with Crippen LogP contribution in [0.5, 0.6) is 0 Å². The summed E-state index contributed by atoms with van der Waals surface area (Å²) >= 11 is 0. The molecule has 1 aliphatic heterocycles.